The summed E-state index contributed by atoms with van der Waals surface area (Å²) >= 11 is 4.32. The number of hydrogen-bond donors (Lipinski definition) is 4. The van der Waals surface area contributed by atoms with Gasteiger partial charge in [0.2, 0.25) is 5.91 Å². The number of aryl methyl sites for hydroxylation is 3. The third kappa shape index (κ3) is 7.19. The van der Waals surface area contributed by atoms with Gasteiger partial charge in [0, 0.05) is 17.5 Å². The molecule has 1 fully saturated rings. The van der Waals surface area contributed by atoms with E-state index in [1.165, 1.54) is 6.07 Å². The van der Waals surface area contributed by atoms with Crippen LogP contribution in [0.5, 0.6) is 5.75 Å². The third-order valence-corrected chi connectivity index (χ3v) is 6.52. The number of amides is 3. The Bertz CT molecular complexity index is 1150. The molecular weight excluding hydrogens is 490 g/mol. The van der Waals surface area contributed by atoms with Gasteiger partial charge in [-0.2, -0.15) is 12.6 Å². The first kappa shape index (κ1) is 28.4. The van der Waals surface area contributed by atoms with Crippen molar-refractivity contribution < 1.29 is 24.2 Å². The van der Waals surface area contributed by atoms with Crippen LogP contribution < -0.4 is 10.6 Å². The number of hydrogen-bond acceptors (Lipinski definition) is 6. The maximum atomic E-state index is 13.9. The summed E-state index contributed by atoms with van der Waals surface area (Å²) in [7, 11) is 0. The molecule has 1 aliphatic rings. The molecule has 0 aromatic heterocycles. The molecule has 200 valence electrons. The zero-order valence-corrected chi connectivity index (χ0v) is 23.2. The van der Waals surface area contributed by atoms with Crippen LogP contribution in [0.3, 0.4) is 0 Å². The van der Waals surface area contributed by atoms with E-state index in [4.69, 9.17) is 4.74 Å². The van der Waals surface area contributed by atoms with Crippen molar-refractivity contribution in [3.63, 3.8) is 0 Å². The molecule has 0 heterocycles. The minimum Gasteiger partial charge on any atom is -0.508 e. The molecule has 0 bridgehead atoms. The Hall–Kier alpha value is -3.20. The van der Waals surface area contributed by atoms with Gasteiger partial charge in [0.05, 0.1) is 0 Å². The van der Waals surface area contributed by atoms with Crippen LogP contribution in [-0.2, 0) is 14.3 Å². The van der Waals surface area contributed by atoms with Crippen molar-refractivity contribution in [2.45, 2.75) is 78.1 Å². The maximum Gasteiger partial charge on any atom is 0.408 e. The normalized spacial score (nSPS) is 14.9. The maximum absolute atomic E-state index is 13.9. The van der Waals surface area contributed by atoms with E-state index >= 15 is 0 Å². The Morgan fingerprint density at radius 3 is 2.22 bits per heavy atom. The van der Waals surface area contributed by atoms with E-state index in [-0.39, 0.29) is 23.5 Å². The lowest BCUT2D eigenvalue weighted by Gasteiger charge is -2.34. The van der Waals surface area contributed by atoms with E-state index < -0.39 is 29.7 Å². The van der Waals surface area contributed by atoms with Crippen LogP contribution in [0, 0.1) is 20.8 Å². The number of ether oxygens (including phenoxy) is 1. The van der Waals surface area contributed by atoms with Gasteiger partial charge >= 0.3 is 6.09 Å². The van der Waals surface area contributed by atoms with Gasteiger partial charge in [-0.1, -0.05) is 24.3 Å². The highest BCUT2D eigenvalue weighted by Crippen LogP contribution is 2.37. The second kappa shape index (κ2) is 11.5. The second-order valence-corrected chi connectivity index (χ2v) is 10.9. The summed E-state index contributed by atoms with van der Waals surface area (Å²) in [6, 6.07) is 8.48. The molecule has 2 atom stereocenters. The van der Waals surface area contributed by atoms with Crippen molar-refractivity contribution in [1.82, 2.24) is 10.2 Å². The fraction of sp³-hybridized carbons (Fsp3) is 0.464. The first-order valence-electron chi connectivity index (χ1n) is 12.4. The van der Waals surface area contributed by atoms with Gasteiger partial charge in [0.15, 0.2) is 0 Å². The van der Waals surface area contributed by atoms with E-state index in [0.717, 1.165) is 24.0 Å². The summed E-state index contributed by atoms with van der Waals surface area (Å²) < 4.78 is 5.34. The van der Waals surface area contributed by atoms with Gasteiger partial charge in [-0.15, -0.1) is 0 Å². The molecule has 0 aliphatic heterocycles. The number of nitrogens with one attached hydrogen (secondary N) is 2. The zero-order chi connectivity index (χ0) is 27.5. The average molecular weight is 528 g/mol. The third-order valence-electron chi connectivity index (χ3n) is 6.16. The highest BCUT2D eigenvalue weighted by molar-refractivity contribution is 7.80. The van der Waals surface area contributed by atoms with E-state index in [2.05, 4.69) is 23.3 Å². The van der Waals surface area contributed by atoms with Crippen molar-refractivity contribution in [3.8, 4) is 5.75 Å². The number of benzene rings is 2. The monoisotopic (exact) mass is 527 g/mol. The predicted octanol–water partition coefficient (Wildman–Crippen LogP) is 4.81. The van der Waals surface area contributed by atoms with Gasteiger partial charge in [-0.05, 0) is 88.8 Å². The van der Waals surface area contributed by atoms with Crippen LogP contribution >= 0.6 is 12.6 Å². The van der Waals surface area contributed by atoms with Gasteiger partial charge in [-0.3, -0.25) is 9.59 Å². The Balaban J connectivity index is 2.01. The van der Waals surface area contributed by atoms with Gasteiger partial charge in [-0.25, -0.2) is 4.79 Å². The lowest BCUT2D eigenvalue weighted by atomic mass is 9.99. The molecule has 1 aliphatic carbocycles. The minimum atomic E-state index is -0.993. The molecule has 3 amide bonds. The number of phenolic OH excluding ortho intramolecular Hbond substituents is 1. The van der Waals surface area contributed by atoms with Crippen molar-refractivity contribution in [1.29, 1.82) is 0 Å². The quantitative estimate of drug-likeness (QED) is 0.369. The molecule has 9 heteroatoms. The van der Waals surface area contributed by atoms with Crippen LogP contribution in [-0.4, -0.2) is 51.4 Å². The van der Waals surface area contributed by atoms with Gasteiger partial charge < -0.3 is 25.4 Å². The predicted molar refractivity (Wildman–Crippen MR) is 147 cm³/mol. The van der Waals surface area contributed by atoms with Crippen molar-refractivity contribution in [2.75, 3.05) is 11.1 Å². The minimum absolute atomic E-state index is 0.0289. The SMILES string of the molecule is Cc1cc(C(C(=O)Nc2c(C)cccc2C)N(C(=O)C(CS)NC(=O)OC(C)(C)C)C2CC2)ccc1O. The lowest BCUT2D eigenvalue weighted by Crippen LogP contribution is -2.54. The number of anilines is 1. The Kier molecular flexibility index (Phi) is 8.79. The van der Waals surface area contributed by atoms with Crippen molar-refractivity contribution in [2.24, 2.45) is 0 Å². The van der Waals surface area contributed by atoms with Crippen LogP contribution in [0.4, 0.5) is 10.5 Å². The van der Waals surface area contributed by atoms with Crippen LogP contribution in [0.1, 0.15) is 61.9 Å². The van der Waals surface area contributed by atoms with E-state index in [1.54, 1.807) is 44.7 Å². The molecule has 0 radical (unpaired) electrons. The molecule has 2 aromatic carbocycles. The number of carbonyl (C=O) groups excluding carboxylic acids is 3. The second-order valence-electron chi connectivity index (χ2n) is 10.6. The highest BCUT2D eigenvalue weighted by Gasteiger charge is 2.44. The van der Waals surface area contributed by atoms with Gasteiger partial charge in [0.1, 0.15) is 23.4 Å². The fourth-order valence-electron chi connectivity index (χ4n) is 4.18. The number of thiol groups is 1. The highest BCUT2D eigenvalue weighted by atomic mass is 32.1. The van der Waals surface area contributed by atoms with Crippen LogP contribution in [0.2, 0.25) is 0 Å². The number of carbonyl (C=O) groups is 3. The summed E-state index contributed by atoms with van der Waals surface area (Å²) in [6.07, 6.45) is 0.747. The first-order chi connectivity index (χ1) is 17.3. The molecule has 8 nitrogen and oxygen atoms in total. The zero-order valence-electron chi connectivity index (χ0n) is 22.3. The number of nitrogens with zero attached hydrogens (tertiary/aromatic N) is 1. The average Bonchev–Trinajstić information content (AvgIpc) is 3.63. The fourth-order valence-corrected chi connectivity index (χ4v) is 4.42. The number of phenols is 1. The Morgan fingerprint density at radius 2 is 1.70 bits per heavy atom. The summed E-state index contributed by atoms with van der Waals surface area (Å²) in [5, 5.41) is 15.8. The van der Waals surface area contributed by atoms with Crippen molar-refractivity contribution in [3.05, 3.63) is 58.7 Å². The number of alkyl carbamates (subject to hydrolysis) is 1. The van der Waals surface area contributed by atoms with Crippen LogP contribution in [0.25, 0.3) is 0 Å². The first-order valence-corrected chi connectivity index (χ1v) is 13.0. The van der Waals surface area contributed by atoms with Gasteiger partial charge in [0.25, 0.3) is 5.91 Å². The molecule has 37 heavy (non-hydrogen) atoms. The van der Waals surface area contributed by atoms with E-state index in [0.29, 0.717) is 16.8 Å². The number of rotatable bonds is 8. The standard InChI is InChI=1S/C28H37N3O5S/c1-16-8-7-9-17(2)23(16)30-25(33)24(19-10-13-22(32)18(3)14-19)31(20-11-12-20)26(34)21(15-37)29-27(35)36-28(4,5)6/h7-10,13-14,20-21,24,32,37H,11-12,15H2,1-6H3,(H,29,35)(H,30,33). The van der Waals surface area contributed by atoms with Crippen molar-refractivity contribution >= 4 is 36.2 Å². The Labute approximate surface area is 224 Å². The van der Waals surface area contributed by atoms with E-state index in [9.17, 15) is 19.5 Å². The smallest absolute Gasteiger partial charge is 0.408 e. The molecular formula is C28H37N3O5S. The molecule has 1 saturated carbocycles. The lowest BCUT2D eigenvalue weighted by molar-refractivity contribution is -0.141. The molecule has 3 N–H and O–H groups in total. The summed E-state index contributed by atoms with van der Waals surface area (Å²) in [6.45, 7) is 10.8. The topological polar surface area (TPSA) is 108 Å². The van der Waals surface area contributed by atoms with Crippen LogP contribution in [0.15, 0.2) is 36.4 Å². The van der Waals surface area contributed by atoms with E-state index in [1.807, 2.05) is 32.0 Å². The molecule has 2 unspecified atom stereocenters. The molecule has 0 saturated heterocycles. The summed E-state index contributed by atoms with van der Waals surface area (Å²) in [4.78, 5) is 41.8. The molecule has 2 aromatic rings. The molecule has 3 rings (SSSR count). The Morgan fingerprint density at radius 1 is 1.08 bits per heavy atom. The number of aromatic hydroxyl groups is 1. The summed E-state index contributed by atoms with van der Waals surface area (Å²) in [5.41, 5.74) is 2.91. The molecule has 0 spiro atoms. The number of para-hydroxylation sites is 1. The largest absolute Gasteiger partial charge is 0.508 e. The summed E-state index contributed by atoms with van der Waals surface area (Å²) in [5.74, 6) is -0.670.